The molecule has 1 saturated carbocycles. The van der Waals surface area contributed by atoms with Crippen LogP contribution in [0.25, 0.3) is 5.57 Å². The van der Waals surface area contributed by atoms with E-state index in [0.29, 0.717) is 11.7 Å². The van der Waals surface area contributed by atoms with Gasteiger partial charge in [-0.25, -0.2) is 4.99 Å². The topological polar surface area (TPSA) is 24.4 Å². The van der Waals surface area contributed by atoms with Crippen LogP contribution in [-0.4, -0.2) is 6.21 Å². The van der Waals surface area contributed by atoms with Gasteiger partial charge in [0.05, 0.1) is 0 Å². The van der Waals surface area contributed by atoms with Crippen LogP contribution in [0.3, 0.4) is 0 Å². The molecule has 0 atom stereocenters. The Morgan fingerprint density at radius 2 is 1.89 bits per heavy atom. The second kappa shape index (κ2) is 9.36. The number of hydrogen-bond donors (Lipinski definition) is 1. The first-order valence-electron chi connectivity index (χ1n) is 9.61. The van der Waals surface area contributed by atoms with Gasteiger partial charge >= 0.3 is 0 Å². The second-order valence-electron chi connectivity index (χ2n) is 7.35. The molecular weight excluding hydrogens is 328 g/mol. The van der Waals surface area contributed by atoms with Crippen molar-refractivity contribution in [1.82, 2.24) is 5.32 Å². The van der Waals surface area contributed by atoms with E-state index >= 15 is 0 Å². The molecule has 1 aromatic carbocycles. The van der Waals surface area contributed by atoms with Gasteiger partial charge in [-0.1, -0.05) is 55.7 Å². The molecule has 0 aromatic heterocycles. The van der Waals surface area contributed by atoms with Crippen molar-refractivity contribution in [2.24, 2.45) is 10.9 Å². The van der Waals surface area contributed by atoms with Crippen LogP contribution in [0.1, 0.15) is 50.3 Å². The molecule has 0 bridgehead atoms. The molecule has 27 heavy (non-hydrogen) atoms. The van der Waals surface area contributed by atoms with Crippen molar-refractivity contribution in [3.63, 3.8) is 0 Å². The predicted molar refractivity (Wildman–Crippen MR) is 120 cm³/mol. The molecule has 0 amide bonds. The highest BCUT2D eigenvalue weighted by Gasteiger charge is 2.26. The highest BCUT2D eigenvalue weighted by molar-refractivity contribution is 6.10. The fourth-order valence-corrected chi connectivity index (χ4v) is 3.04. The summed E-state index contributed by atoms with van der Waals surface area (Å²) in [5.41, 5.74) is 8.19. The molecule has 0 aliphatic heterocycles. The van der Waals surface area contributed by atoms with Gasteiger partial charge in [0.2, 0.25) is 0 Å². The Hall–Kier alpha value is -2.61. The molecular formula is C25H32N2. The summed E-state index contributed by atoms with van der Waals surface area (Å²) in [5, 5.41) is 3.29. The van der Waals surface area contributed by atoms with E-state index < -0.39 is 0 Å². The lowest BCUT2D eigenvalue weighted by Crippen LogP contribution is -2.13. The number of allylic oxidation sites excluding steroid dienone is 5. The summed E-state index contributed by atoms with van der Waals surface area (Å²) < 4.78 is 0. The minimum Gasteiger partial charge on any atom is -0.341 e. The van der Waals surface area contributed by atoms with Crippen molar-refractivity contribution in [2.45, 2.75) is 47.0 Å². The Labute approximate surface area is 164 Å². The van der Waals surface area contributed by atoms with E-state index in [9.17, 15) is 0 Å². The van der Waals surface area contributed by atoms with Gasteiger partial charge in [0.25, 0.3) is 0 Å². The van der Waals surface area contributed by atoms with Gasteiger partial charge < -0.3 is 5.32 Å². The van der Waals surface area contributed by atoms with E-state index in [4.69, 9.17) is 0 Å². The maximum atomic E-state index is 4.53. The fraction of sp³-hybridized carbons (Fsp3) is 0.320. The minimum atomic E-state index is 0.618. The number of aryl methyl sites for hydroxylation is 1. The molecule has 2 nitrogen and oxygen atoms in total. The number of aliphatic imine (C=N–C) groups is 1. The van der Waals surface area contributed by atoms with Crippen molar-refractivity contribution in [3.05, 3.63) is 89.4 Å². The first kappa shape index (κ1) is 20.7. The van der Waals surface area contributed by atoms with Gasteiger partial charge in [-0.3, -0.25) is 0 Å². The molecule has 2 heteroatoms. The van der Waals surface area contributed by atoms with E-state index in [2.05, 4.69) is 68.2 Å². The van der Waals surface area contributed by atoms with E-state index in [1.165, 1.54) is 29.5 Å². The maximum absolute atomic E-state index is 4.53. The summed E-state index contributed by atoms with van der Waals surface area (Å²) in [6.45, 7) is 20.5. The van der Waals surface area contributed by atoms with Crippen LogP contribution in [0.5, 0.6) is 0 Å². The summed E-state index contributed by atoms with van der Waals surface area (Å²) in [4.78, 5) is 4.53. The second-order valence-corrected chi connectivity index (χ2v) is 7.35. The van der Waals surface area contributed by atoms with Gasteiger partial charge in [-0.2, -0.15) is 0 Å². The predicted octanol–water partition coefficient (Wildman–Crippen LogP) is 6.52. The van der Waals surface area contributed by atoms with Crippen molar-refractivity contribution >= 4 is 11.8 Å². The van der Waals surface area contributed by atoms with Crippen molar-refractivity contribution in [2.75, 3.05) is 0 Å². The zero-order valence-electron chi connectivity index (χ0n) is 17.2. The molecule has 0 radical (unpaired) electrons. The number of nitrogens with one attached hydrogen (secondary N) is 1. The van der Waals surface area contributed by atoms with Crippen LogP contribution in [0.15, 0.2) is 77.7 Å². The summed E-state index contributed by atoms with van der Waals surface area (Å²) >= 11 is 0. The fourth-order valence-electron chi connectivity index (χ4n) is 3.04. The summed E-state index contributed by atoms with van der Waals surface area (Å²) in [7, 11) is 0. The lowest BCUT2D eigenvalue weighted by atomic mass is 9.97. The zero-order chi connectivity index (χ0) is 20.0. The van der Waals surface area contributed by atoms with Gasteiger partial charge in [0.1, 0.15) is 5.82 Å². The Morgan fingerprint density at radius 1 is 1.19 bits per heavy atom. The van der Waals surface area contributed by atoms with Crippen LogP contribution in [-0.2, 0) is 6.42 Å². The van der Waals surface area contributed by atoms with Gasteiger partial charge in [0.15, 0.2) is 0 Å². The average molecular weight is 361 g/mol. The van der Waals surface area contributed by atoms with E-state index in [1.807, 2.05) is 26.1 Å². The minimum absolute atomic E-state index is 0.618. The Balaban J connectivity index is 2.07. The van der Waals surface area contributed by atoms with Crippen molar-refractivity contribution < 1.29 is 0 Å². The Kier molecular flexibility index (Phi) is 7.18. The third-order valence-electron chi connectivity index (χ3n) is 4.82. The normalized spacial score (nSPS) is 15.1. The summed E-state index contributed by atoms with van der Waals surface area (Å²) in [5.74, 6) is 1.24. The molecule has 0 saturated heterocycles. The lowest BCUT2D eigenvalue weighted by molar-refractivity contribution is 0.902. The van der Waals surface area contributed by atoms with Crippen molar-refractivity contribution in [3.8, 4) is 0 Å². The van der Waals surface area contributed by atoms with E-state index in [0.717, 1.165) is 28.8 Å². The van der Waals surface area contributed by atoms with E-state index in [-0.39, 0.29) is 0 Å². The van der Waals surface area contributed by atoms with Crippen LogP contribution >= 0.6 is 0 Å². The molecule has 1 fully saturated rings. The van der Waals surface area contributed by atoms with Gasteiger partial charge in [-0.05, 0) is 80.7 Å². The molecule has 1 N–H and O–H groups in total. The molecule has 0 heterocycles. The maximum Gasteiger partial charge on any atom is 0.123 e. The monoisotopic (exact) mass is 360 g/mol. The Bertz CT molecular complexity index is 830. The molecule has 1 aromatic rings. The number of nitrogens with zero attached hydrogens (tertiary/aromatic N) is 1. The number of rotatable bonds is 9. The smallest absolute Gasteiger partial charge is 0.123 e. The molecule has 142 valence electrons. The average Bonchev–Trinajstić information content (AvgIpc) is 3.46. The van der Waals surface area contributed by atoms with E-state index in [1.54, 1.807) is 0 Å². The largest absolute Gasteiger partial charge is 0.341 e. The standard InChI is InChI=1S/C25H32N2/c1-8-21(24-13-12-23(14-17(3)4)18(5)15-24)16-26-20(7)27-25(9-2)19(6)22-10-11-22/h8-9,12-13,15-16,22,27H,3,6-7,10-11,14H2,1-2,4-5H3/b21-8+,25-9+,26-16-. The van der Waals surface area contributed by atoms with Crippen molar-refractivity contribution in [1.29, 1.82) is 0 Å². The van der Waals surface area contributed by atoms with Crippen LogP contribution in [0, 0.1) is 12.8 Å². The molecule has 1 aliphatic rings. The molecule has 2 rings (SSSR count). The first-order chi connectivity index (χ1) is 12.8. The Morgan fingerprint density at radius 3 is 2.41 bits per heavy atom. The SMILES string of the molecule is C=C(C)Cc1ccc(C(/C=N\C(=C)N/C(=C/C)C(=C)C2CC2)=C/C)cc1C. The first-order valence-corrected chi connectivity index (χ1v) is 9.61. The quantitative estimate of drug-likeness (QED) is 0.303. The van der Waals surface area contributed by atoms with Crippen LogP contribution in [0.4, 0.5) is 0 Å². The molecule has 1 aliphatic carbocycles. The van der Waals surface area contributed by atoms with Crippen LogP contribution < -0.4 is 5.32 Å². The zero-order valence-corrected chi connectivity index (χ0v) is 17.2. The molecule has 0 spiro atoms. The molecule has 0 unspecified atom stereocenters. The summed E-state index contributed by atoms with van der Waals surface area (Å²) in [6, 6.07) is 6.54. The van der Waals surface area contributed by atoms with Gasteiger partial charge in [-0.15, -0.1) is 0 Å². The summed E-state index contributed by atoms with van der Waals surface area (Å²) in [6.07, 6.45) is 9.37. The lowest BCUT2D eigenvalue weighted by Gasteiger charge is -2.13. The third-order valence-corrected chi connectivity index (χ3v) is 4.82. The number of benzene rings is 1. The van der Waals surface area contributed by atoms with Crippen LogP contribution in [0.2, 0.25) is 0 Å². The van der Waals surface area contributed by atoms with Gasteiger partial charge in [0, 0.05) is 11.9 Å². The number of hydrogen-bond acceptors (Lipinski definition) is 2. The highest BCUT2D eigenvalue weighted by atomic mass is 15.0. The third kappa shape index (κ3) is 5.96. The highest BCUT2D eigenvalue weighted by Crippen LogP contribution is 2.38.